The third-order valence-electron chi connectivity index (χ3n) is 5.86. The number of amides is 2. The van der Waals surface area contributed by atoms with Gasteiger partial charge in [0.25, 0.3) is 0 Å². The van der Waals surface area contributed by atoms with Gasteiger partial charge in [-0.15, -0.1) is 0 Å². The summed E-state index contributed by atoms with van der Waals surface area (Å²) in [5.41, 5.74) is 0.867. The van der Waals surface area contributed by atoms with Gasteiger partial charge in [0.15, 0.2) is 15.7 Å². The lowest BCUT2D eigenvalue weighted by Crippen LogP contribution is -2.26. The molecule has 174 valence electrons. The van der Waals surface area contributed by atoms with Crippen LogP contribution in [0.25, 0.3) is 0 Å². The van der Waals surface area contributed by atoms with Gasteiger partial charge in [-0.3, -0.25) is 14.3 Å². The Balaban J connectivity index is 1.74. The van der Waals surface area contributed by atoms with Crippen molar-refractivity contribution < 1.29 is 18.0 Å². The lowest BCUT2D eigenvalue weighted by atomic mass is 9.82. The van der Waals surface area contributed by atoms with Crippen molar-refractivity contribution in [1.29, 1.82) is 0 Å². The van der Waals surface area contributed by atoms with Gasteiger partial charge in [0.1, 0.15) is 6.54 Å². The van der Waals surface area contributed by atoms with Gasteiger partial charge in [0.05, 0.1) is 9.92 Å². The Morgan fingerprint density at radius 3 is 2.53 bits per heavy atom. The third kappa shape index (κ3) is 6.10. The van der Waals surface area contributed by atoms with Gasteiger partial charge in [-0.25, -0.2) is 8.42 Å². The van der Waals surface area contributed by atoms with Crippen LogP contribution < -0.4 is 5.32 Å². The number of aromatic nitrogens is 2. The van der Waals surface area contributed by atoms with Gasteiger partial charge in [0.2, 0.25) is 11.8 Å². The monoisotopic (exact) mass is 480 g/mol. The Labute approximate surface area is 193 Å². The molecule has 0 saturated heterocycles. The van der Waals surface area contributed by atoms with Crippen LogP contribution in [-0.4, -0.2) is 55.3 Å². The molecule has 0 bridgehead atoms. The number of halogens is 1. The number of anilines is 1. The molecular weight excluding hydrogens is 452 g/mol. The van der Waals surface area contributed by atoms with Gasteiger partial charge in [-0.2, -0.15) is 5.10 Å². The van der Waals surface area contributed by atoms with E-state index in [-0.39, 0.29) is 40.6 Å². The third-order valence-corrected chi connectivity index (χ3v) is 7.44. The molecule has 32 heavy (non-hydrogen) atoms. The van der Waals surface area contributed by atoms with Crippen molar-refractivity contribution in [2.75, 3.05) is 25.7 Å². The molecule has 8 nitrogen and oxygen atoms in total. The molecule has 1 fully saturated rings. The molecule has 1 saturated carbocycles. The topological polar surface area (TPSA) is 101 Å². The van der Waals surface area contributed by atoms with Crippen LogP contribution >= 0.6 is 11.6 Å². The second-order valence-corrected chi connectivity index (χ2v) is 10.9. The smallest absolute Gasteiger partial charge is 0.243 e. The average molecular weight is 481 g/mol. The number of sulfone groups is 1. The Bertz CT molecular complexity index is 1090. The van der Waals surface area contributed by atoms with Gasteiger partial charge < -0.3 is 10.2 Å². The number of likely N-dealkylation sites (N-methyl/N-ethyl adjacent to an activating group) is 1. The fourth-order valence-electron chi connectivity index (χ4n) is 4.15. The molecule has 1 aliphatic carbocycles. The molecule has 1 aliphatic rings. The summed E-state index contributed by atoms with van der Waals surface area (Å²) in [5.74, 6) is 0.366. The van der Waals surface area contributed by atoms with Crippen LogP contribution in [0, 0.1) is 5.92 Å². The van der Waals surface area contributed by atoms with E-state index < -0.39 is 9.84 Å². The zero-order valence-electron chi connectivity index (χ0n) is 18.5. The zero-order valence-corrected chi connectivity index (χ0v) is 20.1. The maximum atomic E-state index is 12.8. The molecule has 10 heteroatoms. The fourth-order valence-corrected chi connectivity index (χ4v) is 5.49. The Morgan fingerprint density at radius 1 is 1.25 bits per heavy atom. The highest BCUT2D eigenvalue weighted by molar-refractivity contribution is 7.90. The number of benzene rings is 1. The van der Waals surface area contributed by atoms with Crippen LogP contribution in [-0.2, 0) is 26.0 Å². The molecule has 2 amide bonds. The number of nitrogens with one attached hydrogen (secondary N) is 1. The predicted octanol–water partition coefficient (Wildman–Crippen LogP) is 3.33. The second-order valence-electron chi connectivity index (χ2n) is 8.55. The van der Waals surface area contributed by atoms with Gasteiger partial charge in [-0.05, 0) is 42.4 Å². The first kappa shape index (κ1) is 24.3. The normalized spacial score (nSPS) is 15.5. The van der Waals surface area contributed by atoms with Crippen LogP contribution in [0.5, 0.6) is 0 Å². The zero-order chi connectivity index (χ0) is 23.5. The Kier molecular flexibility index (Phi) is 7.61. The summed E-state index contributed by atoms with van der Waals surface area (Å²) in [6.45, 7) is 0.0960. The minimum absolute atomic E-state index is 0.0685. The number of hydrogen-bond donors (Lipinski definition) is 1. The molecule has 0 aliphatic heterocycles. The van der Waals surface area contributed by atoms with Crippen molar-refractivity contribution in [3.8, 4) is 0 Å². The molecular formula is C22H29ClN4O4S. The number of carbonyl (C=O) groups excluding carboxylic acids is 2. The highest BCUT2D eigenvalue weighted by Gasteiger charge is 2.29. The van der Waals surface area contributed by atoms with Crippen molar-refractivity contribution in [2.24, 2.45) is 5.92 Å². The van der Waals surface area contributed by atoms with Crippen molar-refractivity contribution in [2.45, 2.75) is 49.5 Å². The first-order valence-corrected chi connectivity index (χ1v) is 12.8. The summed E-state index contributed by atoms with van der Waals surface area (Å²) in [6, 6.07) is 6.62. The van der Waals surface area contributed by atoms with Crippen LogP contribution in [0.4, 0.5) is 5.82 Å². The fraction of sp³-hybridized carbons (Fsp3) is 0.500. The quantitative estimate of drug-likeness (QED) is 0.624. The van der Waals surface area contributed by atoms with E-state index in [1.54, 1.807) is 38.5 Å². The largest absolute Gasteiger partial charge is 0.347 e. The van der Waals surface area contributed by atoms with Crippen LogP contribution in [0.3, 0.4) is 0 Å². The Hall–Kier alpha value is -2.39. The maximum absolute atomic E-state index is 12.8. The second kappa shape index (κ2) is 10.0. The minimum atomic E-state index is -3.42. The summed E-state index contributed by atoms with van der Waals surface area (Å²) in [4.78, 5) is 26.2. The molecule has 1 aromatic carbocycles. The molecule has 3 rings (SSSR count). The summed E-state index contributed by atoms with van der Waals surface area (Å²) >= 11 is 6.27. The molecule has 1 unspecified atom stereocenters. The van der Waals surface area contributed by atoms with Crippen LogP contribution in [0.1, 0.15) is 43.6 Å². The number of carbonyl (C=O) groups is 2. The van der Waals surface area contributed by atoms with E-state index in [0.29, 0.717) is 11.7 Å². The van der Waals surface area contributed by atoms with E-state index in [0.717, 1.165) is 37.5 Å². The lowest BCUT2D eigenvalue weighted by Gasteiger charge is -2.24. The van der Waals surface area contributed by atoms with Crippen molar-refractivity contribution in [1.82, 2.24) is 14.7 Å². The highest BCUT2D eigenvalue weighted by Crippen LogP contribution is 2.40. The number of nitrogens with zero attached hydrogens (tertiary/aromatic N) is 3. The highest BCUT2D eigenvalue weighted by atomic mass is 35.5. The van der Waals surface area contributed by atoms with E-state index in [9.17, 15) is 18.0 Å². The van der Waals surface area contributed by atoms with Crippen molar-refractivity contribution >= 4 is 39.1 Å². The molecule has 2 aromatic rings. The van der Waals surface area contributed by atoms with Crippen LogP contribution in [0.2, 0.25) is 5.02 Å². The maximum Gasteiger partial charge on any atom is 0.243 e. The SMILES string of the molecule is CN(C)C(=O)Cn1ccc(NC(=O)CC(c2ccc(S(C)(=O)=O)c(Cl)c2)C2CCCC2)n1. The summed E-state index contributed by atoms with van der Waals surface area (Å²) in [6.07, 6.45) is 7.28. The molecule has 0 radical (unpaired) electrons. The predicted molar refractivity (Wildman–Crippen MR) is 123 cm³/mol. The lowest BCUT2D eigenvalue weighted by molar-refractivity contribution is -0.129. The number of hydrogen-bond acceptors (Lipinski definition) is 5. The molecule has 1 heterocycles. The van der Waals surface area contributed by atoms with Crippen molar-refractivity contribution in [3.63, 3.8) is 0 Å². The first-order valence-electron chi connectivity index (χ1n) is 10.6. The molecule has 1 atom stereocenters. The van der Waals surface area contributed by atoms with Gasteiger partial charge >= 0.3 is 0 Å². The van der Waals surface area contributed by atoms with E-state index in [1.807, 2.05) is 0 Å². The Morgan fingerprint density at radius 2 is 1.94 bits per heavy atom. The number of rotatable bonds is 8. The van der Waals surface area contributed by atoms with E-state index >= 15 is 0 Å². The van der Waals surface area contributed by atoms with Gasteiger partial charge in [0, 0.05) is 39.0 Å². The first-order chi connectivity index (χ1) is 15.0. The average Bonchev–Trinajstić information content (AvgIpc) is 3.37. The summed E-state index contributed by atoms with van der Waals surface area (Å²) < 4.78 is 25.3. The summed E-state index contributed by atoms with van der Waals surface area (Å²) in [5, 5.41) is 7.24. The molecule has 1 aromatic heterocycles. The van der Waals surface area contributed by atoms with Crippen LogP contribution in [0.15, 0.2) is 35.4 Å². The van der Waals surface area contributed by atoms with E-state index in [4.69, 9.17) is 11.6 Å². The van der Waals surface area contributed by atoms with E-state index in [2.05, 4.69) is 10.4 Å². The molecule has 1 N–H and O–H groups in total. The minimum Gasteiger partial charge on any atom is -0.347 e. The van der Waals surface area contributed by atoms with E-state index in [1.165, 1.54) is 15.6 Å². The molecule has 0 spiro atoms. The standard InChI is InChI=1S/C22H29ClN4O4S/c1-26(2)22(29)14-27-11-10-20(25-27)24-21(28)13-17(15-6-4-5-7-15)16-8-9-19(18(23)12-16)32(3,30)31/h8-12,15,17H,4-7,13-14H2,1-3H3,(H,24,25,28). The summed E-state index contributed by atoms with van der Waals surface area (Å²) in [7, 11) is -0.0734. The van der Waals surface area contributed by atoms with Crippen molar-refractivity contribution in [3.05, 3.63) is 41.0 Å². The van der Waals surface area contributed by atoms with Gasteiger partial charge in [-0.1, -0.05) is 30.5 Å².